The van der Waals surface area contributed by atoms with E-state index in [4.69, 9.17) is 9.47 Å². The number of ether oxygens (including phenoxy) is 2. The fraction of sp³-hybridized carbons (Fsp3) is 0.217. The number of carbonyl (C=O) groups is 2. The van der Waals surface area contributed by atoms with Crippen LogP contribution < -0.4 is 9.64 Å². The highest BCUT2D eigenvalue weighted by Crippen LogP contribution is 2.34. The lowest BCUT2D eigenvalue weighted by molar-refractivity contribution is -0.141. The number of anilines is 1. The minimum absolute atomic E-state index is 0.324. The normalized spacial score (nSPS) is 11.7. The Hall–Kier alpha value is -3.34. The molecule has 3 aromatic carbocycles. The smallest absolute Gasteiger partial charge is 0.328 e. The average molecular weight is 377 g/mol. The number of hydrogen-bond donors (Lipinski definition) is 0. The van der Waals surface area contributed by atoms with E-state index < -0.39 is 12.0 Å². The summed E-state index contributed by atoms with van der Waals surface area (Å²) >= 11 is 0. The molecule has 0 spiro atoms. The van der Waals surface area contributed by atoms with Gasteiger partial charge in [-0.2, -0.15) is 0 Å². The molecule has 5 heteroatoms. The van der Waals surface area contributed by atoms with E-state index in [1.165, 1.54) is 19.1 Å². The third-order valence-electron chi connectivity index (χ3n) is 4.83. The van der Waals surface area contributed by atoms with Crippen LogP contribution in [0.4, 0.5) is 5.69 Å². The van der Waals surface area contributed by atoms with Gasteiger partial charge in [-0.05, 0) is 36.9 Å². The number of hydrogen-bond acceptors (Lipinski definition) is 4. The zero-order valence-electron chi connectivity index (χ0n) is 16.4. The molecule has 0 aliphatic rings. The first-order chi connectivity index (χ1) is 13.5. The molecule has 0 aromatic heterocycles. The molecule has 3 aromatic rings. The van der Waals surface area contributed by atoms with Crippen LogP contribution in [0.15, 0.2) is 60.7 Å². The van der Waals surface area contributed by atoms with Crippen molar-refractivity contribution in [3.05, 3.63) is 71.8 Å². The second kappa shape index (κ2) is 8.13. The number of para-hydroxylation sites is 1. The Bertz CT molecular complexity index is 1030. The molecule has 0 aliphatic carbocycles. The molecule has 0 unspecified atom stereocenters. The van der Waals surface area contributed by atoms with E-state index >= 15 is 0 Å². The van der Waals surface area contributed by atoms with Gasteiger partial charge in [0.2, 0.25) is 0 Å². The van der Waals surface area contributed by atoms with Gasteiger partial charge in [0, 0.05) is 5.39 Å². The lowest BCUT2D eigenvalue weighted by atomic mass is 10.0. The van der Waals surface area contributed by atoms with Gasteiger partial charge in [0.25, 0.3) is 5.91 Å². The van der Waals surface area contributed by atoms with E-state index in [-0.39, 0.29) is 5.91 Å². The van der Waals surface area contributed by atoms with Crippen LogP contribution in [-0.2, 0) is 9.53 Å². The summed E-state index contributed by atoms with van der Waals surface area (Å²) in [5, 5.41) is 1.87. The summed E-state index contributed by atoms with van der Waals surface area (Å²) in [6.07, 6.45) is 0. The summed E-state index contributed by atoms with van der Waals surface area (Å²) in [5.74, 6) is -0.363. The second-order valence-electron chi connectivity index (χ2n) is 6.53. The van der Waals surface area contributed by atoms with Gasteiger partial charge in [-0.3, -0.25) is 9.69 Å². The van der Waals surface area contributed by atoms with E-state index in [0.29, 0.717) is 17.0 Å². The Morgan fingerprint density at radius 3 is 2.32 bits per heavy atom. The zero-order valence-corrected chi connectivity index (χ0v) is 16.4. The van der Waals surface area contributed by atoms with Gasteiger partial charge < -0.3 is 9.47 Å². The molecule has 0 radical (unpaired) electrons. The quantitative estimate of drug-likeness (QED) is 0.620. The summed E-state index contributed by atoms with van der Waals surface area (Å²) in [6.45, 7) is 3.59. The summed E-state index contributed by atoms with van der Waals surface area (Å²) in [7, 11) is 2.84. The van der Waals surface area contributed by atoms with Crippen molar-refractivity contribution in [1.82, 2.24) is 0 Å². The van der Waals surface area contributed by atoms with Crippen molar-refractivity contribution in [1.29, 1.82) is 0 Å². The predicted octanol–water partition coefficient (Wildman–Crippen LogP) is 4.37. The second-order valence-corrected chi connectivity index (χ2v) is 6.53. The first kappa shape index (κ1) is 19.4. The zero-order chi connectivity index (χ0) is 20.3. The van der Waals surface area contributed by atoms with Gasteiger partial charge in [0.15, 0.2) is 0 Å². The monoisotopic (exact) mass is 377 g/mol. The van der Waals surface area contributed by atoms with Crippen LogP contribution in [0.2, 0.25) is 0 Å². The predicted molar refractivity (Wildman–Crippen MR) is 110 cm³/mol. The molecule has 5 nitrogen and oxygen atoms in total. The van der Waals surface area contributed by atoms with Crippen LogP contribution in [0, 0.1) is 6.92 Å². The number of amides is 1. The Labute approximate surface area is 164 Å². The number of rotatable bonds is 5. The highest BCUT2D eigenvalue weighted by molar-refractivity contribution is 6.15. The molecular formula is C23H23NO4. The summed E-state index contributed by atoms with van der Waals surface area (Å²) < 4.78 is 10.3. The molecule has 0 fully saturated rings. The van der Waals surface area contributed by atoms with Crippen LogP contribution in [0.25, 0.3) is 10.8 Å². The first-order valence-corrected chi connectivity index (χ1v) is 9.02. The molecule has 0 aliphatic heterocycles. The number of methoxy groups -OCH3 is 2. The lowest BCUT2D eigenvalue weighted by Gasteiger charge is -2.30. The van der Waals surface area contributed by atoms with Gasteiger partial charge in [-0.25, -0.2) is 4.79 Å². The van der Waals surface area contributed by atoms with E-state index in [2.05, 4.69) is 0 Å². The fourth-order valence-corrected chi connectivity index (χ4v) is 3.38. The first-order valence-electron chi connectivity index (χ1n) is 9.02. The van der Waals surface area contributed by atoms with Crippen molar-refractivity contribution < 1.29 is 19.1 Å². The van der Waals surface area contributed by atoms with Crippen molar-refractivity contribution in [3.63, 3.8) is 0 Å². The Morgan fingerprint density at radius 1 is 0.929 bits per heavy atom. The van der Waals surface area contributed by atoms with Gasteiger partial charge >= 0.3 is 5.97 Å². The highest BCUT2D eigenvalue weighted by atomic mass is 16.5. The topological polar surface area (TPSA) is 55.8 Å². The molecule has 1 atom stereocenters. The van der Waals surface area contributed by atoms with Gasteiger partial charge in [0.1, 0.15) is 11.8 Å². The number of nitrogens with zero attached hydrogens (tertiary/aromatic N) is 1. The average Bonchev–Trinajstić information content (AvgIpc) is 2.74. The molecule has 144 valence electrons. The molecule has 0 saturated carbocycles. The third-order valence-corrected chi connectivity index (χ3v) is 4.83. The van der Waals surface area contributed by atoms with Crippen molar-refractivity contribution in [2.75, 3.05) is 19.1 Å². The number of esters is 1. The van der Waals surface area contributed by atoms with Gasteiger partial charge in [-0.15, -0.1) is 0 Å². The molecule has 0 heterocycles. The molecule has 0 bridgehead atoms. The number of benzene rings is 3. The number of fused-ring (bicyclic) bond motifs is 1. The summed E-state index contributed by atoms with van der Waals surface area (Å²) in [6, 6.07) is 17.9. The number of carbonyl (C=O) groups excluding carboxylic acids is 2. The molecule has 0 N–H and O–H groups in total. The van der Waals surface area contributed by atoms with E-state index in [1.54, 1.807) is 31.2 Å². The van der Waals surface area contributed by atoms with Gasteiger partial charge in [-0.1, -0.05) is 48.5 Å². The third kappa shape index (κ3) is 3.43. The minimum Gasteiger partial charge on any atom is -0.496 e. The Kier molecular flexibility index (Phi) is 5.64. The highest BCUT2D eigenvalue weighted by Gasteiger charge is 2.32. The maximum atomic E-state index is 13.6. The van der Waals surface area contributed by atoms with Crippen LogP contribution in [0.5, 0.6) is 5.75 Å². The number of aryl methyl sites for hydroxylation is 1. The van der Waals surface area contributed by atoms with Crippen LogP contribution in [-0.4, -0.2) is 32.1 Å². The summed E-state index contributed by atoms with van der Waals surface area (Å²) in [5.41, 5.74) is 1.96. The van der Waals surface area contributed by atoms with Crippen molar-refractivity contribution in [3.8, 4) is 5.75 Å². The van der Waals surface area contributed by atoms with Crippen LogP contribution in [0.1, 0.15) is 22.8 Å². The molecule has 3 rings (SSSR count). The van der Waals surface area contributed by atoms with E-state index in [9.17, 15) is 9.59 Å². The van der Waals surface area contributed by atoms with E-state index in [0.717, 1.165) is 16.3 Å². The van der Waals surface area contributed by atoms with E-state index in [1.807, 2.05) is 43.3 Å². The standard InChI is InChI=1S/C23H23NO4/c1-15-13-14-17-9-5-6-10-18(17)21(15)24(16(2)23(26)28-4)22(25)19-11-7-8-12-20(19)27-3/h5-14,16H,1-4H3/t16-/m0/s1. The van der Waals surface area contributed by atoms with Crippen molar-refractivity contribution in [2.24, 2.45) is 0 Å². The molecule has 0 saturated heterocycles. The molecular weight excluding hydrogens is 354 g/mol. The molecule has 1 amide bonds. The maximum absolute atomic E-state index is 13.6. The van der Waals surface area contributed by atoms with Crippen molar-refractivity contribution in [2.45, 2.75) is 19.9 Å². The Balaban J connectivity index is 2.26. The van der Waals surface area contributed by atoms with Crippen LogP contribution >= 0.6 is 0 Å². The largest absolute Gasteiger partial charge is 0.496 e. The SMILES string of the molecule is COC(=O)[C@H](C)N(C(=O)c1ccccc1OC)c1c(C)ccc2ccccc12. The molecule has 28 heavy (non-hydrogen) atoms. The summed E-state index contributed by atoms with van der Waals surface area (Å²) in [4.78, 5) is 27.5. The van der Waals surface area contributed by atoms with Crippen molar-refractivity contribution >= 4 is 28.3 Å². The Morgan fingerprint density at radius 2 is 1.61 bits per heavy atom. The fourth-order valence-electron chi connectivity index (χ4n) is 3.38. The maximum Gasteiger partial charge on any atom is 0.328 e. The minimum atomic E-state index is -0.813. The van der Waals surface area contributed by atoms with Gasteiger partial charge in [0.05, 0.1) is 25.5 Å². The van der Waals surface area contributed by atoms with Crippen LogP contribution in [0.3, 0.4) is 0 Å². The lowest BCUT2D eigenvalue weighted by Crippen LogP contribution is -2.44.